The monoisotopic (exact) mass is 165 g/mol. The fraction of sp³-hybridized carbons (Fsp3) is 0.600. The Morgan fingerprint density at radius 3 is 3.25 bits per heavy atom. The molecule has 2 heteroatoms. The van der Waals surface area contributed by atoms with Crippen molar-refractivity contribution in [1.82, 2.24) is 4.90 Å². The van der Waals surface area contributed by atoms with E-state index < -0.39 is 0 Å². The fourth-order valence-electron chi connectivity index (χ4n) is 2.01. The molecule has 0 radical (unpaired) electrons. The number of likely N-dealkylation sites (tertiary alicyclic amines) is 1. The van der Waals surface area contributed by atoms with Crippen molar-refractivity contribution in [1.29, 1.82) is 0 Å². The average Bonchev–Trinajstić information content (AvgIpc) is 2.74. The summed E-state index contributed by atoms with van der Waals surface area (Å²) >= 11 is 0. The lowest BCUT2D eigenvalue weighted by molar-refractivity contribution is 0.240. The van der Waals surface area contributed by atoms with E-state index >= 15 is 0 Å². The van der Waals surface area contributed by atoms with Crippen molar-refractivity contribution in [3.8, 4) is 0 Å². The number of furan rings is 1. The summed E-state index contributed by atoms with van der Waals surface area (Å²) in [4.78, 5) is 2.47. The van der Waals surface area contributed by atoms with Gasteiger partial charge in [0.25, 0.3) is 0 Å². The van der Waals surface area contributed by atoms with Gasteiger partial charge in [-0.1, -0.05) is 6.92 Å². The van der Waals surface area contributed by atoms with Gasteiger partial charge in [-0.3, -0.25) is 4.90 Å². The van der Waals surface area contributed by atoms with E-state index in [0.29, 0.717) is 6.04 Å². The van der Waals surface area contributed by atoms with E-state index in [-0.39, 0.29) is 0 Å². The van der Waals surface area contributed by atoms with Crippen molar-refractivity contribution >= 4 is 0 Å². The zero-order chi connectivity index (χ0) is 8.39. The second-order valence-electron chi connectivity index (χ2n) is 3.30. The largest absolute Gasteiger partial charge is 0.468 e. The van der Waals surface area contributed by atoms with E-state index in [1.807, 2.05) is 6.07 Å². The molecular formula is C10H15NO. The van der Waals surface area contributed by atoms with Gasteiger partial charge in [0, 0.05) is 0 Å². The van der Waals surface area contributed by atoms with E-state index in [4.69, 9.17) is 4.42 Å². The number of nitrogens with zero attached hydrogens (tertiary/aromatic N) is 1. The van der Waals surface area contributed by atoms with Crippen molar-refractivity contribution in [3.63, 3.8) is 0 Å². The minimum absolute atomic E-state index is 0.546. The first-order valence-corrected chi connectivity index (χ1v) is 4.69. The van der Waals surface area contributed by atoms with Crippen LogP contribution >= 0.6 is 0 Å². The molecule has 0 bridgehead atoms. The minimum atomic E-state index is 0.546. The summed E-state index contributed by atoms with van der Waals surface area (Å²) in [5.74, 6) is 1.13. The van der Waals surface area contributed by atoms with Crippen LogP contribution in [0.15, 0.2) is 22.8 Å². The zero-order valence-electron chi connectivity index (χ0n) is 7.49. The molecule has 1 aromatic rings. The third-order valence-corrected chi connectivity index (χ3v) is 2.64. The zero-order valence-corrected chi connectivity index (χ0v) is 7.49. The maximum absolute atomic E-state index is 5.41. The van der Waals surface area contributed by atoms with Gasteiger partial charge < -0.3 is 4.42 Å². The molecule has 0 aromatic carbocycles. The van der Waals surface area contributed by atoms with Crippen LogP contribution in [0.3, 0.4) is 0 Å². The molecular weight excluding hydrogens is 150 g/mol. The molecule has 66 valence electrons. The van der Waals surface area contributed by atoms with Crippen molar-refractivity contribution in [2.45, 2.75) is 25.8 Å². The van der Waals surface area contributed by atoms with Crippen LogP contribution in [-0.4, -0.2) is 18.0 Å². The topological polar surface area (TPSA) is 16.4 Å². The van der Waals surface area contributed by atoms with Crippen LogP contribution in [0.5, 0.6) is 0 Å². The predicted octanol–water partition coefficient (Wildman–Crippen LogP) is 2.44. The van der Waals surface area contributed by atoms with E-state index in [2.05, 4.69) is 17.9 Å². The summed E-state index contributed by atoms with van der Waals surface area (Å²) in [6.07, 6.45) is 4.32. The molecule has 0 saturated carbocycles. The standard InChI is InChI=1S/C10H15NO/c1-2-11-7-3-5-9(11)10-6-4-8-12-10/h4,6,8-9H,2-3,5,7H2,1H3/t9-/m0/s1. The molecule has 1 fully saturated rings. The summed E-state index contributed by atoms with van der Waals surface area (Å²) in [5.41, 5.74) is 0. The molecule has 0 N–H and O–H groups in total. The Balaban J connectivity index is 2.13. The summed E-state index contributed by atoms with van der Waals surface area (Å²) in [5, 5.41) is 0. The third kappa shape index (κ3) is 1.27. The highest BCUT2D eigenvalue weighted by molar-refractivity contribution is 5.06. The molecule has 12 heavy (non-hydrogen) atoms. The van der Waals surface area contributed by atoms with Gasteiger partial charge in [-0.15, -0.1) is 0 Å². The maximum atomic E-state index is 5.41. The molecule has 2 heterocycles. The third-order valence-electron chi connectivity index (χ3n) is 2.64. The second-order valence-corrected chi connectivity index (χ2v) is 3.30. The van der Waals surface area contributed by atoms with E-state index in [1.54, 1.807) is 6.26 Å². The van der Waals surface area contributed by atoms with Crippen LogP contribution in [0, 0.1) is 0 Å². The van der Waals surface area contributed by atoms with Crippen LogP contribution < -0.4 is 0 Å². The van der Waals surface area contributed by atoms with Crippen molar-refractivity contribution < 1.29 is 4.42 Å². The lowest BCUT2D eigenvalue weighted by Gasteiger charge is -2.20. The summed E-state index contributed by atoms with van der Waals surface area (Å²) < 4.78 is 5.41. The Bertz CT molecular complexity index is 230. The van der Waals surface area contributed by atoms with Gasteiger partial charge in [0.05, 0.1) is 12.3 Å². The van der Waals surface area contributed by atoms with E-state index in [9.17, 15) is 0 Å². The Morgan fingerprint density at radius 2 is 2.58 bits per heavy atom. The van der Waals surface area contributed by atoms with Gasteiger partial charge >= 0.3 is 0 Å². The Labute approximate surface area is 73.2 Å². The first-order valence-electron chi connectivity index (χ1n) is 4.69. The summed E-state index contributed by atoms with van der Waals surface area (Å²) in [6, 6.07) is 4.60. The highest BCUT2D eigenvalue weighted by Crippen LogP contribution is 2.31. The van der Waals surface area contributed by atoms with Gasteiger partial charge in [-0.25, -0.2) is 0 Å². The molecule has 2 rings (SSSR count). The molecule has 1 aliphatic rings. The molecule has 0 unspecified atom stereocenters. The average molecular weight is 165 g/mol. The van der Waals surface area contributed by atoms with Crippen LogP contribution in [-0.2, 0) is 0 Å². The summed E-state index contributed by atoms with van der Waals surface area (Å²) in [6.45, 7) is 4.56. The van der Waals surface area contributed by atoms with Crippen molar-refractivity contribution in [3.05, 3.63) is 24.2 Å². The number of rotatable bonds is 2. The summed E-state index contributed by atoms with van der Waals surface area (Å²) in [7, 11) is 0. The molecule has 0 spiro atoms. The highest BCUT2D eigenvalue weighted by Gasteiger charge is 2.26. The Hall–Kier alpha value is -0.760. The van der Waals surface area contributed by atoms with E-state index in [1.165, 1.54) is 19.4 Å². The SMILES string of the molecule is CCN1CCC[C@H]1c1ccco1. The van der Waals surface area contributed by atoms with E-state index in [0.717, 1.165) is 12.3 Å². The van der Waals surface area contributed by atoms with Crippen molar-refractivity contribution in [2.24, 2.45) is 0 Å². The fourth-order valence-corrected chi connectivity index (χ4v) is 2.01. The number of hydrogen-bond acceptors (Lipinski definition) is 2. The maximum Gasteiger partial charge on any atom is 0.120 e. The highest BCUT2D eigenvalue weighted by atomic mass is 16.3. The van der Waals surface area contributed by atoms with Gasteiger partial charge in [0.15, 0.2) is 0 Å². The smallest absolute Gasteiger partial charge is 0.120 e. The van der Waals surface area contributed by atoms with Crippen LogP contribution in [0.25, 0.3) is 0 Å². The molecule has 1 saturated heterocycles. The Morgan fingerprint density at radius 1 is 1.67 bits per heavy atom. The molecule has 1 atom stereocenters. The first kappa shape index (κ1) is 7.87. The Kier molecular flexibility index (Phi) is 2.17. The lowest BCUT2D eigenvalue weighted by atomic mass is 10.2. The normalized spacial score (nSPS) is 24.9. The van der Waals surface area contributed by atoms with Gasteiger partial charge in [0.2, 0.25) is 0 Å². The number of hydrogen-bond donors (Lipinski definition) is 0. The van der Waals surface area contributed by atoms with Gasteiger partial charge in [-0.2, -0.15) is 0 Å². The van der Waals surface area contributed by atoms with Gasteiger partial charge in [-0.05, 0) is 38.1 Å². The molecule has 0 aliphatic carbocycles. The van der Waals surface area contributed by atoms with Crippen LogP contribution in [0.2, 0.25) is 0 Å². The van der Waals surface area contributed by atoms with Gasteiger partial charge in [0.1, 0.15) is 5.76 Å². The molecule has 2 nitrogen and oxygen atoms in total. The van der Waals surface area contributed by atoms with Crippen LogP contribution in [0.4, 0.5) is 0 Å². The van der Waals surface area contributed by atoms with Crippen LogP contribution in [0.1, 0.15) is 31.6 Å². The molecule has 1 aliphatic heterocycles. The molecule has 1 aromatic heterocycles. The lowest BCUT2D eigenvalue weighted by Crippen LogP contribution is -2.22. The first-order chi connectivity index (χ1) is 5.92. The quantitative estimate of drug-likeness (QED) is 0.669. The second kappa shape index (κ2) is 3.31. The minimum Gasteiger partial charge on any atom is -0.468 e. The van der Waals surface area contributed by atoms with Crippen molar-refractivity contribution in [2.75, 3.05) is 13.1 Å². The predicted molar refractivity (Wildman–Crippen MR) is 47.9 cm³/mol. The molecule has 0 amide bonds.